The molecular formula is C21H31NO3S. The van der Waals surface area contributed by atoms with Crippen LogP contribution in [0.1, 0.15) is 63.8 Å². The van der Waals surface area contributed by atoms with Gasteiger partial charge in [0.1, 0.15) is 4.90 Å². The molecule has 1 rings (SSSR count). The number of rotatable bonds is 5. The average molecular weight is 378 g/mol. The molecular weight excluding hydrogens is 346 g/mol. The van der Waals surface area contributed by atoms with Crippen LogP contribution in [-0.4, -0.2) is 19.0 Å². The van der Waals surface area contributed by atoms with Crippen molar-refractivity contribution in [2.45, 2.75) is 52.5 Å². The fourth-order valence-electron chi connectivity index (χ4n) is 2.32. The molecule has 0 aliphatic heterocycles. The Morgan fingerprint density at radius 2 is 1.15 bits per heavy atom. The topological polar surface area (TPSA) is 80.4 Å². The summed E-state index contributed by atoms with van der Waals surface area (Å²) in [5.74, 6) is 0. The predicted octanol–water partition coefficient (Wildman–Crippen LogP) is 5.42. The first kappa shape index (κ1) is 24.1. The Hall–Kier alpha value is -1.95. The molecule has 0 radical (unpaired) electrons. The quantitative estimate of drug-likeness (QED) is 0.671. The molecule has 0 spiro atoms. The van der Waals surface area contributed by atoms with E-state index in [1.807, 2.05) is 71.9 Å². The average Bonchev–Trinajstić information content (AvgIpc) is 2.50. The summed E-state index contributed by atoms with van der Waals surface area (Å²) < 4.78 is 33.7. The molecule has 0 unspecified atom stereocenters. The Kier molecular flexibility index (Phi) is 10.8. The maximum atomic E-state index is 12.0. The summed E-state index contributed by atoms with van der Waals surface area (Å²) in [6.45, 7) is 11.2. The number of hydrogen-bond acceptors (Lipinski definition) is 3. The number of nitrogens with two attached hydrogens (primary N) is 1. The van der Waals surface area contributed by atoms with E-state index in [4.69, 9.17) is 5.73 Å². The Morgan fingerprint density at radius 1 is 0.846 bits per heavy atom. The molecule has 3 N–H and O–H groups in total. The van der Waals surface area contributed by atoms with Crippen LogP contribution in [0.25, 0.3) is 24.3 Å². The molecule has 0 heterocycles. The van der Waals surface area contributed by atoms with Gasteiger partial charge in [0.15, 0.2) is 0 Å². The second-order valence-corrected chi connectivity index (χ2v) is 7.29. The van der Waals surface area contributed by atoms with Gasteiger partial charge in [-0.15, -0.1) is 0 Å². The van der Waals surface area contributed by atoms with E-state index in [1.165, 1.54) is 0 Å². The molecule has 1 aromatic rings. The van der Waals surface area contributed by atoms with Crippen molar-refractivity contribution in [2.75, 3.05) is 0 Å². The highest BCUT2D eigenvalue weighted by molar-refractivity contribution is 7.86. The highest BCUT2D eigenvalue weighted by Crippen LogP contribution is 2.32. The fourth-order valence-corrected chi connectivity index (χ4v) is 3.25. The lowest BCUT2D eigenvalue weighted by molar-refractivity contribution is 0.483. The van der Waals surface area contributed by atoms with Gasteiger partial charge in [-0.1, -0.05) is 62.5 Å². The van der Waals surface area contributed by atoms with Crippen LogP contribution < -0.4 is 5.73 Å². The van der Waals surface area contributed by atoms with E-state index < -0.39 is 10.1 Å². The van der Waals surface area contributed by atoms with E-state index in [2.05, 4.69) is 0 Å². The van der Waals surface area contributed by atoms with Crippen molar-refractivity contribution in [3.63, 3.8) is 0 Å². The van der Waals surface area contributed by atoms with Gasteiger partial charge in [-0.25, -0.2) is 0 Å². The van der Waals surface area contributed by atoms with Gasteiger partial charge in [-0.3, -0.25) is 4.55 Å². The first-order valence-corrected chi connectivity index (χ1v) is 10.0. The highest BCUT2D eigenvalue weighted by Gasteiger charge is 2.22. The third-order valence-corrected chi connectivity index (χ3v) is 4.00. The number of benzene rings is 1. The van der Waals surface area contributed by atoms with Crippen LogP contribution in [0.15, 0.2) is 35.3 Å². The second kappa shape index (κ2) is 11.6. The molecule has 0 atom stereocenters. The summed E-state index contributed by atoms with van der Waals surface area (Å²) >= 11 is 0. The van der Waals surface area contributed by atoms with E-state index in [-0.39, 0.29) is 4.90 Å². The summed E-state index contributed by atoms with van der Waals surface area (Å²) in [6, 6.07) is 2.25. The van der Waals surface area contributed by atoms with Crippen molar-refractivity contribution >= 4 is 34.4 Å². The molecule has 0 saturated heterocycles. The van der Waals surface area contributed by atoms with Crippen LogP contribution in [-0.2, 0) is 10.1 Å². The predicted molar refractivity (Wildman–Crippen MR) is 114 cm³/mol. The molecule has 0 aromatic heterocycles. The van der Waals surface area contributed by atoms with Gasteiger partial charge in [0, 0.05) is 11.1 Å². The second-order valence-electron chi connectivity index (χ2n) is 5.93. The van der Waals surface area contributed by atoms with E-state index >= 15 is 0 Å². The molecule has 144 valence electrons. The minimum Gasteiger partial charge on any atom is -0.328 e. The summed E-state index contributed by atoms with van der Waals surface area (Å²) in [4.78, 5) is -0.0626. The Morgan fingerprint density at radius 3 is 1.38 bits per heavy atom. The van der Waals surface area contributed by atoms with Crippen molar-refractivity contribution in [3.8, 4) is 0 Å². The molecule has 0 fully saturated rings. The van der Waals surface area contributed by atoms with Gasteiger partial charge in [0.05, 0.1) is 0 Å². The minimum atomic E-state index is -4.36. The Labute approximate surface area is 158 Å². The summed E-state index contributed by atoms with van der Waals surface area (Å²) in [5, 5.41) is 0. The molecule has 0 aliphatic rings. The lowest BCUT2D eigenvalue weighted by atomic mass is 9.96. The van der Waals surface area contributed by atoms with Crippen molar-refractivity contribution in [2.24, 2.45) is 5.73 Å². The maximum absolute atomic E-state index is 12.0. The van der Waals surface area contributed by atoms with Gasteiger partial charge >= 0.3 is 0 Å². The summed E-state index contributed by atoms with van der Waals surface area (Å²) in [6.07, 6.45) is 14.2. The smallest absolute Gasteiger partial charge is 0.295 e. The van der Waals surface area contributed by atoms with Crippen molar-refractivity contribution in [1.29, 1.82) is 0 Å². The zero-order chi connectivity index (χ0) is 20.3. The zero-order valence-electron chi connectivity index (χ0n) is 16.5. The third kappa shape index (κ3) is 7.52. The normalized spacial score (nSPS) is 12.7. The zero-order valence-corrected chi connectivity index (χ0v) is 17.3. The summed E-state index contributed by atoms with van der Waals surface area (Å²) in [5.41, 5.74) is 7.58. The molecule has 5 heteroatoms. The molecule has 1 aromatic carbocycles. The van der Waals surface area contributed by atoms with Crippen molar-refractivity contribution in [1.82, 2.24) is 0 Å². The number of hydrogen-bond donors (Lipinski definition) is 2. The first-order valence-electron chi connectivity index (χ1n) is 8.58. The molecule has 0 amide bonds. The van der Waals surface area contributed by atoms with Crippen molar-refractivity contribution < 1.29 is 13.0 Å². The highest BCUT2D eigenvalue weighted by atomic mass is 32.2. The standard InChI is InChI=1S/C18H22O3S.C3H9N/c1-5-9-14-13-15(10-6-2)17(12-8-4)18(22(19,20)21)16(14)11-7-3;1-3(2)4/h5-13H,1-4H3,(H,19,20,21);3H,4H2,1-2H3/b9-5+,10-6+,11-7+,12-8+;. The lowest BCUT2D eigenvalue weighted by Gasteiger charge is -2.14. The van der Waals surface area contributed by atoms with Crippen LogP contribution in [0.2, 0.25) is 0 Å². The minimum absolute atomic E-state index is 0.0626. The van der Waals surface area contributed by atoms with E-state index in [9.17, 15) is 13.0 Å². The monoisotopic (exact) mass is 377 g/mol. The summed E-state index contributed by atoms with van der Waals surface area (Å²) in [7, 11) is -4.36. The van der Waals surface area contributed by atoms with E-state index in [0.717, 1.165) is 11.1 Å². The first-order chi connectivity index (χ1) is 12.1. The number of allylic oxidation sites excluding steroid dienone is 4. The van der Waals surface area contributed by atoms with Gasteiger partial charge in [0.25, 0.3) is 10.1 Å². The fraction of sp³-hybridized carbons (Fsp3) is 0.333. The largest absolute Gasteiger partial charge is 0.328 e. The molecule has 26 heavy (non-hydrogen) atoms. The van der Waals surface area contributed by atoms with Crippen LogP contribution in [0, 0.1) is 0 Å². The van der Waals surface area contributed by atoms with Gasteiger partial charge in [-0.2, -0.15) is 8.42 Å². The van der Waals surface area contributed by atoms with Gasteiger partial charge in [0.2, 0.25) is 0 Å². The van der Waals surface area contributed by atoms with E-state index in [0.29, 0.717) is 17.2 Å². The van der Waals surface area contributed by atoms with Crippen LogP contribution in [0.4, 0.5) is 0 Å². The molecule has 0 bridgehead atoms. The van der Waals surface area contributed by atoms with E-state index in [1.54, 1.807) is 24.3 Å². The van der Waals surface area contributed by atoms with Crippen molar-refractivity contribution in [3.05, 3.63) is 52.6 Å². The Bertz CT molecular complexity index is 750. The third-order valence-electron chi connectivity index (χ3n) is 3.04. The lowest BCUT2D eigenvalue weighted by Crippen LogP contribution is -2.07. The molecule has 0 aliphatic carbocycles. The van der Waals surface area contributed by atoms with Gasteiger partial charge in [-0.05, 0) is 50.9 Å². The molecule has 4 nitrogen and oxygen atoms in total. The SMILES string of the molecule is C/C=C/c1cc(/C=C/C)c(/C=C/C)c(S(=O)(=O)O)c1/C=C/C.CC(C)N. The Balaban J connectivity index is 0.00000141. The van der Waals surface area contributed by atoms with Gasteiger partial charge < -0.3 is 5.73 Å². The maximum Gasteiger partial charge on any atom is 0.295 e. The van der Waals surface area contributed by atoms with Crippen LogP contribution in [0.5, 0.6) is 0 Å². The van der Waals surface area contributed by atoms with Crippen LogP contribution >= 0.6 is 0 Å². The molecule has 0 saturated carbocycles. The van der Waals surface area contributed by atoms with Crippen LogP contribution in [0.3, 0.4) is 0 Å².